The molecule has 0 saturated heterocycles. The van der Waals surface area contributed by atoms with Gasteiger partial charge in [0.15, 0.2) is 17.2 Å². The van der Waals surface area contributed by atoms with Crippen LogP contribution in [-0.4, -0.2) is 34.5 Å². The monoisotopic (exact) mass is 316 g/mol. The molecule has 122 valence electrons. The molecule has 1 aromatic heterocycles. The summed E-state index contributed by atoms with van der Waals surface area (Å²) in [7, 11) is 0. The number of H-pyrrole nitrogens is 1. The number of aromatic amines is 1. The van der Waals surface area contributed by atoms with Crippen LogP contribution in [0.15, 0.2) is 29.8 Å². The lowest BCUT2D eigenvalue weighted by Crippen LogP contribution is -2.12. The Labute approximate surface area is 134 Å². The van der Waals surface area contributed by atoms with Gasteiger partial charge in [-0.3, -0.25) is 4.79 Å². The van der Waals surface area contributed by atoms with Crippen LogP contribution in [0.5, 0.6) is 11.5 Å². The maximum atomic E-state index is 11.4. The number of hydrogen-bond donors (Lipinski definition) is 2. The second-order valence-electron chi connectivity index (χ2n) is 5.07. The zero-order valence-electron chi connectivity index (χ0n) is 13.4. The van der Waals surface area contributed by atoms with Gasteiger partial charge in [-0.2, -0.15) is 15.4 Å². The first-order chi connectivity index (χ1) is 11.0. The van der Waals surface area contributed by atoms with Crippen LogP contribution in [-0.2, 0) is 0 Å². The fourth-order valence-corrected chi connectivity index (χ4v) is 1.94. The molecular weight excluding hydrogens is 296 g/mol. The van der Waals surface area contributed by atoms with Crippen LogP contribution in [0.25, 0.3) is 11.3 Å². The molecule has 0 fully saturated rings. The summed E-state index contributed by atoms with van der Waals surface area (Å²) in [5.41, 5.74) is 7.61. The van der Waals surface area contributed by atoms with Crippen molar-refractivity contribution in [3.05, 3.63) is 35.5 Å². The number of nitrogens with one attached hydrogen (secondary N) is 1. The summed E-state index contributed by atoms with van der Waals surface area (Å²) in [5.74, 6) is 0.554. The van der Waals surface area contributed by atoms with Crippen molar-refractivity contribution < 1.29 is 14.3 Å². The lowest BCUT2D eigenvalue weighted by atomic mass is 10.1. The third-order valence-electron chi connectivity index (χ3n) is 3.03. The summed E-state index contributed by atoms with van der Waals surface area (Å²) in [4.78, 5) is 11.4. The number of nitrogens with zero attached hydrogens (tertiary/aromatic N) is 2. The molecule has 1 heterocycles. The SMILES string of the molecule is CCOc1cc(-c2n[nH]nc2C(N)=O)ccc1OCC=C(C)C. The fourth-order valence-electron chi connectivity index (χ4n) is 1.94. The van der Waals surface area contributed by atoms with E-state index >= 15 is 0 Å². The Balaban J connectivity index is 2.33. The highest BCUT2D eigenvalue weighted by atomic mass is 16.5. The smallest absolute Gasteiger partial charge is 0.271 e. The number of allylic oxidation sites excluding steroid dienone is 1. The van der Waals surface area contributed by atoms with E-state index in [1.807, 2.05) is 26.8 Å². The van der Waals surface area contributed by atoms with Crippen LogP contribution in [0, 0.1) is 0 Å². The number of rotatable bonds is 7. The number of ether oxygens (including phenoxy) is 2. The first kappa shape index (κ1) is 16.5. The van der Waals surface area contributed by atoms with Crippen molar-refractivity contribution in [2.45, 2.75) is 20.8 Å². The predicted octanol–water partition coefficient (Wildman–Crippen LogP) is 2.31. The molecule has 0 aliphatic heterocycles. The van der Waals surface area contributed by atoms with Gasteiger partial charge in [0.1, 0.15) is 12.3 Å². The van der Waals surface area contributed by atoms with Crippen LogP contribution in [0.3, 0.4) is 0 Å². The minimum absolute atomic E-state index is 0.0886. The van der Waals surface area contributed by atoms with E-state index in [1.165, 1.54) is 5.57 Å². The van der Waals surface area contributed by atoms with Gasteiger partial charge in [-0.1, -0.05) is 5.57 Å². The van der Waals surface area contributed by atoms with Crippen molar-refractivity contribution in [1.82, 2.24) is 15.4 Å². The number of benzene rings is 1. The average Bonchev–Trinajstić information content (AvgIpc) is 2.98. The van der Waals surface area contributed by atoms with Crippen LogP contribution < -0.4 is 15.2 Å². The average molecular weight is 316 g/mol. The number of nitrogens with two attached hydrogens (primary N) is 1. The van der Waals surface area contributed by atoms with Gasteiger partial charge in [-0.25, -0.2) is 0 Å². The molecule has 0 aliphatic carbocycles. The summed E-state index contributed by atoms with van der Waals surface area (Å²) in [6.07, 6.45) is 1.98. The molecule has 0 unspecified atom stereocenters. The van der Waals surface area contributed by atoms with Gasteiger partial charge in [-0.05, 0) is 45.0 Å². The van der Waals surface area contributed by atoms with Gasteiger partial charge in [0.05, 0.1) is 6.61 Å². The van der Waals surface area contributed by atoms with E-state index in [0.717, 1.165) is 0 Å². The summed E-state index contributed by atoms with van der Waals surface area (Å²) < 4.78 is 11.3. The van der Waals surface area contributed by atoms with Crippen molar-refractivity contribution in [2.75, 3.05) is 13.2 Å². The summed E-state index contributed by atoms with van der Waals surface area (Å²) in [6.45, 7) is 6.84. The molecule has 0 radical (unpaired) electrons. The number of primary amides is 1. The van der Waals surface area contributed by atoms with Gasteiger partial charge in [0, 0.05) is 5.56 Å². The summed E-state index contributed by atoms with van der Waals surface area (Å²) in [5, 5.41) is 10.2. The standard InChI is InChI=1S/C16H20N4O3/c1-4-22-13-9-11(14-15(16(17)21)19-20-18-14)5-6-12(13)23-8-7-10(2)3/h5-7,9H,4,8H2,1-3H3,(H2,17,21)(H,18,19,20). The van der Waals surface area contributed by atoms with Crippen molar-refractivity contribution in [3.63, 3.8) is 0 Å². The number of carbonyl (C=O) groups is 1. The zero-order valence-corrected chi connectivity index (χ0v) is 13.4. The molecule has 7 nitrogen and oxygen atoms in total. The highest BCUT2D eigenvalue weighted by Gasteiger charge is 2.17. The van der Waals surface area contributed by atoms with E-state index in [4.69, 9.17) is 15.2 Å². The Morgan fingerprint density at radius 3 is 2.70 bits per heavy atom. The van der Waals surface area contributed by atoms with E-state index < -0.39 is 5.91 Å². The molecule has 3 N–H and O–H groups in total. The van der Waals surface area contributed by atoms with E-state index in [0.29, 0.717) is 36.0 Å². The van der Waals surface area contributed by atoms with Gasteiger partial charge in [0.25, 0.3) is 5.91 Å². The van der Waals surface area contributed by atoms with E-state index in [2.05, 4.69) is 15.4 Å². The molecule has 0 saturated carbocycles. The van der Waals surface area contributed by atoms with Crippen LogP contribution in [0.2, 0.25) is 0 Å². The Bertz CT molecular complexity index is 718. The largest absolute Gasteiger partial charge is 0.490 e. The third-order valence-corrected chi connectivity index (χ3v) is 3.03. The molecule has 0 bridgehead atoms. The van der Waals surface area contributed by atoms with Crippen LogP contribution in [0.4, 0.5) is 0 Å². The molecule has 0 atom stereocenters. The van der Waals surface area contributed by atoms with Crippen molar-refractivity contribution in [3.8, 4) is 22.8 Å². The lowest BCUT2D eigenvalue weighted by Gasteiger charge is -2.12. The fraction of sp³-hybridized carbons (Fsp3) is 0.312. The Morgan fingerprint density at radius 1 is 1.26 bits per heavy atom. The third kappa shape index (κ3) is 4.09. The maximum Gasteiger partial charge on any atom is 0.271 e. The predicted molar refractivity (Wildman–Crippen MR) is 86.4 cm³/mol. The van der Waals surface area contributed by atoms with Gasteiger partial charge in [-0.15, -0.1) is 0 Å². The molecule has 2 aromatic rings. The second-order valence-corrected chi connectivity index (χ2v) is 5.07. The van der Waals surface area contributed by atoms with Crippen molar-refractivity contribution in [1.29, 1.82) is 0 Å². The van der Waals surface area contributed by atoms with Crippen LogP contribution >= 0.6 is 0 Å². The quantitative estimate of drug-likeness (QED) is 0.763. The molecule has 0 spiro atoms. The van der Waals surface area contributed by atoms with Crippen molar-refractivity contribution >= 4 is 5.91 Å². The summed E-state index contributed by atoms with van der Waals surface area (Å²) >= 11 is 0. The number of aromatic nitrogens is 3. The number of carbonyl (C=O) groups excluding carboxylic acids is 1. The van der Waals surface area contributed by atoms with Gasteiger partial charge >= 0.3 is 0 Å². The Morgan fingerprint density at radius 2 is 2.04 bits per heavy atom. The summed E-state index contributed by atoms with van der Waals surface area (Å²) in [6, 6.07) is 5.31. The van der Waals surface area contributed by atoms with Gasteiger partial charge < -0.3 is 15.2 Å². The molecule has 1 aromatic carbocycles. The van der Waals surface area contributed by atoms with E-state index in [9.17, 15) is 4.79 Å². The van der Waals surface area contributed by atoms with Crippen molar-refractivity contribution in [2.24, 2.45) is 5.73 Å². The molecule has 2 rings (SSSR count). The highest BCUT2D eigenvalue weighted by Crippen LogP contribution is 2.33. The maximum absolute atomic E-state index is 11.4. The topological polar surface area (TPSA) is 103 Å². The number of hydrogen-bond acceptors (Lipinski definition) is 5. The van der Waals surface area contributed by atoms with E-state index in [-0.39, 0.29) is 5.69 Å². The molecule has 7 heteroatoms. The normalized spacial score (nSPS) is 10.2. The van der Waals surface area contributed by atoms with E-state index in [1.54, 1.807) is 18.2 Å². The second kappa shape index (κ2) is 7.44. The first-order valence-electron chi connectivity index (χ1n) is 7.26. The Hall–Kier alpha value is -2.83. The lowest BCUT2D eigenvalue weighted by molar-refractivity contribution is 0.0996. The van der Waals surface area contributed by atoms with Gasteiger partial charge in [0.2, 0.25) is 0 Å². The zero-order chi connectivity index (χ0) is 16.8. The minimum Gasteiger partial charge on any atom is -0.490 e. The number of amides is 1. The molecular formula is C16H20N4O3. The highest BCUT2D eigenvalue weighted by molar-refractivity contribution is 5.96. The Kier molecular flexibility index (Phi) is 5.35. The first-order valence-corrected chi connectivity index (χ1v) is 7.26. The molecule has 1 amide bonds. The van der Waals surface area contributed by atoms with Crippen LogP contribution in [0.1, 0.15) is 31.3 Å². The minimum atomic E-state index is -0.643. The molecule has 23 heavy (non-hydrogen) atoms. The molecule has 0 aliphatic rings.